The van der Waals surface area contributed by atoms with Crippen LogP contribution in [0.5, 0.6) is 0 Å². The zero-order valence-corrected chi connectivity index (χ0v) is 13.4. The number of aromatic nitrogens is 1. The third kappa shape index (κ3) is 3.84. The molecule has 1 aromatic heterocycles. The Hall–Kier alpha value is -2.47. The van der Waals surface area contributed by atoms with Crippen LogP contribution in [0.25, 0.3) is 10.2 Å². The summed E-state index contributed by atoms with van der Waals surface area (Å²) in [5, 5.41) is 6.48. The Labute approximate surface area is 137 Å². The molecular weight excluding hydrogens is 313 g/mol. The molecule has 3 aromatic rings. The minimum atomic E-state index is -0.291. The maximum atomic E-state index is 12.9. The minimum absolute atomic E-state index is 0.203. The van der Waals surface area contributed by atoms with E-state index in [2.05, 4.69) is 15.6 Å². The fourth-order valence-electron chi connectivity index (χ4n) is 2.23. The number of benzene rings is 2. The normalized spacial score (nSPS) is 12.1. The Morgan fingerprint density at radius 3 is 2.70 bits per heavy atom. The van der Waals surface area contributed by atoms with Gasteiger partial charge in [0.15, 0.2) is 0 Å². The zero-order valence-electron chi connectivity index (χ0n) is 12.5. The van der Waals surface area contributed by atoms with E-state index < -0.39 is 0 Å². The highest BCUT2D eigenvalue weighted by Crippen LogP contribution is 2.21. The maximum absolute atomic E-state index is 12.9. The molecule has 0 saturated heterocycles. The molecule has 1 heterocycles. The van der Waals surface area contributed by atoms with Gasteiger partial charge in [0.05, 0.1) is 22.8 Å². The summed E-state index contributed by atoms with van der Waals surface area (Å²) in [7, 11) is 0. The Bertz CT molecular complexity index is 783. The van der Waals surface area contributed by atoms with Crippen LogP contribution in [0.1, 0.15) is 23.5 Å². The van der Waals surface area contributed by atoms with Crippen molar-refractivity contribution in [2.24, 2.45) is 0 Å². The van der Waals surface area contributed by atoms with Gasteiger partial charge in [-0.1, -0.05) is 24.3 Å². The van der Waals surface area contributed by atoms with Gasteiger partial charge in [0.1, 0.15) is 10.8 Å². The molecule has 0 fully saturated rings. The molecule has 2 N–H and O–H groups in total. The first-order valence-corrected chi connectivity index (χ1v) is 8.08. The average Bonchev–Trinajstić information content (AvgIpc) is 2.96. The van der Waals surface area contributed by atoms with E-state index in [0.717, 1.165) is 20.8 Å². The Morgan fingerprint density at radius 1 is 1.22 bits per heavy atom. The number of urea groups is 1. The summed E-state index contributed by atoms with van der Waals surface area (Å²) in [4.78, 5) is 16.4. The number of carbonyl (C=O) groups excluding carboxylic acids is 1. The van der Waals surface area contributed by atoms with Gasteiger partial charge in [-0.3, -0.25) is 0 Å². The number of para-hydroxylation sites is 1. The lowest BCUT2D eigenvalue weighted by Gasteiger charge is -2.14. The number of rotatable bonds is 4. The van der Waals surface area contributed by atoms with Crippen molar-refractivity contribution >= 4 is 27.6 Å². The molecule has 0 bridgehead atoms. The van der Waals surface area contributed by atoms with Crippen molar-refractivity contribution in [1.29, 1.82) is 0 Å². The Kier molecular flexibility index (Phi) is 4.52. The Morgan fingerprint density at radius 2 is 1.96 bits per heavy atom. The minimum Gasteiger partial charge on any atom is -0.332 e. The summed E-state index contributed by atoms with van der Waals surface area (Å²) in [5.41, 5.74) is 1.79. The molecule has 0 spiro atoms. The number of nitrogens with zero attached hydrogens (tertiary/aromatic N) is 1. The molecule has 0 aliphatic carbocycles. The molecule has 4 nitrogen and oxygen atoms in total. The van der Waals surface area contributed by atoms with Gasteiger partial charge in [0, 0.05) is 0 Å². The molecule has 23 heavy (non-hydrogen) atoms. The number of nitrogens with one attached hydrogen (secondary N) is 2. The second kappa shape index (κ2) is 6.75. The fraction of sp³-hybridized carbons (Fsp3) is 0.176. The summed E-state index contributed by atoms with van der Waals surface area (Å²) >= 11 is 1.56. The molecule has 0 aliphatic rings. The molecular formula is C17H16FN3OS. The van der Waals surface area contributed by atoms with Crippen LogP contribution in [0.15, 0.2) is 48.5 Å². The first-order chi connectivity index (χ1) is 11.1. The molecule has 1 atom stereocenters. The van der Waals surface area contributed by atoms with Crippen molar-refractivity contribution in [1.82, 2.24) is 15.6 Å². The number of carbonyl (C=O) groups is 1. The molecule has 0 unspecified atom stereocenters. The number of halogens is 1. The van der Waals surface area contributed by atoms with Gasteiger partial charge < -0.3 is 10.6 Å². The van der Waals surface area contributed by atoms with Gasteiger partial charge >= 0.3 is 6.03 Å². The van der Waals surface area contributed by atoms with Crippen LogP contribution in [0.4, 0.5) is 9.18 Å². The van der Waals surface area contributed by atoms with Crippen molar-refractivity contribution in [2.45, 2.75) is 19.5 Å². The topological polar surface area (TPSA) is 54.0 Å². The third-order valence-electron chi connectivity index (χ3n) is 3.46. The van der Waals surface area contributed by atoms with Crippen molar-refractivity contribution in [3.05, 3.63) is 64.9 Å². The van der Waals surface area contributed by atoms with Crippen LogP contribution in [-0.4, -0.2) is 11.0 Å². The highest BCUT2D eigenvalue weighted by molar-refractivity contribution is 7.18. The van der Waals surface area contributed by atoms with Crippen LogP contribution >= 0.6 is 11.3 Å². The van der Waals surface area contributed by atoms with Gasteiger partial charge in [-0.05, 0) is 36.8 Å². The molecule has 6 heteroatoms. The van der Waals surface area contributed by atoms with Crippen LogP contribution in [0.3, 0.4) is 0 Å². The standard InChI is InChI=1S/C17H16FN3OS/c1-11(12-6-8-13(18)9-7-12)20-17(22)19-10-16-21-14-4-2-3-5-15(14)23-16/h2-9,11H,10H2,1H3,(H2,19,20,22)/t11-/m0/s1. The quantitative estimate of drug-likeness (QED) is 0.760. The van der Waals surface area contributed by atoms with E-state index in [-0.39, 0.29) is 17.9 Å². The highest BCUT2D eigenvalue weighted by atomic mass is 32.1. The zero-order chi connectivity index (χ0) is 16.2. The molecule has 3 rings (SSSR count). The SMILES string of the molecule is C[C@H](NC(=O)NCc1nc2ccccc2s1)c1ccc(F)cc1. The van der Waals surface area contributed by atoms with Crippen LogP contribution in [0.2, 0.25) is 0 Å². The largest absolute Gasteiger partial charge is 0.332 e. The van der Waals surface area contributed by atoms with Gasteiger partial charge in [-0.25, -0.2) is 14.2 Å². The van der Waals surface area contributed by atoms with E-state index in [1.165, 1.54) is 12.1 Å². The highest BCUT2D eigenvalue weighted by Gasteiger charge is 2.10. The second-order valence-electron chi connectivity index (χ2n) is 5.18. The maximum Gasteiger partial charge on any atom is 0.315 e. The number of fused-ring (bicyclic) bond motifs is 1. The predicted molar refractivity (Wildman–Crippen MR) is 89.8 cm³/mol. The Balaban J connectivity index is 1.55. The molecule has 118 valence electrons. The molecule has 0 aliphatic heterocycles. The second-order valence-corrected chi connectivity index (χ2v) is 6.29. The number of hydrogen-bond acceptors (Lipinski definition) is 3. The lowest BCUT2D eigenvalue weighted by atomic mass is 10.1. The van der Waals surface area contributed by atoms with Crippen LogP contribution in [-0.2, 0) is 6.54 Å². The number of thiazole rings is 1. The number of hydrogen-bond donors (Lipinski definition) is 2. The van der Waals surface area contributed by atoms with Crippen molar-refractivity contribution in [3.63, 3.8) is 0 Å². The lowest BCUT2D eigenvalue weighted by Crippen LogP contribution is -2.36. The smallest absolute Gasteiger partial charge is 0.315 e. The van der Waals surface area contributed by atoms with Crippen LogP contribution < -0.4 is 10.6 Å². The van der Waals surface area contributed by atoms with E-state index in [1.54, 1.807) is 23.5 Å². The van der Waals surface area contributed by atoms with Gasteiger partial charge in [-0.2, -0.15) is 0 Å². The third-order valence-corrected chi connectivity index (χ3v) is 4.49. The van der Waals surface area contributed by atoms with Gasteiger partial charge in [0.25, 0.3) is 0 Å². The monoisotopic (exact) mass is 329 g/mol. The fourth-order valence-corrected chi connectivity index (χ4v) is 3.14. The van der Waals surface area contributed by atoms with E-state index in [9.17, 15) is 9.18 Å². The van der Waals surface area contributed by atoms with E-state index in [1.807, 2.05) is 31.2 Å². The summed E-state index contributed by atoms with van der Waals surface area (Å²) in [5.74, 6) is -0.291. The summed E-state index contributed by atoms with van der Waals surface area (Å²) in [6.07, 6.45) is 0. The molecule has 2 aromatic carbocycles. The summed E-state index contributed by atoms with van der Waals surface area (Å²) in [6, 6.07) is 13.5. The van der Waals surface area contributed by atoms with E-state index >= 15 is 0 Å². The van der Waals surface area contributed by atoms with Crippen molar-refractivity contribution in [3.8, 4) is 0 Å². The van der Waals surface area contributed by atoms with E-state index in [4.69, 9.17) is 0 Å². The predicted octanol–water partition coefficient (Wildman–Crippen LogP) is 4.00. The summed E-state index contributed by atoms with van der Waals surface area (Å²) < 4.78 is 14.0. The summed E-state index contributed by atoms with van der Waals surface area (Å²) in [6.45, 7) is 2.23. The lowest BCUT2D eigenvalue weighted by molar-refractivity contribution is 0.237. The first kappa shape index (κ1) is 15.4. The van der Waals surface area contributed by atoms with Crippen molar-refractivity contribution in [2.75, 3.05) is 0 Å². The molecule has 0 saturated carbocycles. The van der Waals surface area contributed by atoms with Gasteiger partial charge in [-0.15, -0.1) is 11.3 Å². The van der Waals surface area contributed by atoms with Gasteiger partial charge in [0.2, 0.25) is 0 Å². The molecule has 2 amide bonds. The molecule has 0 radical (unpaired) electrons. The van der Waals surface area contributed by atoms with E-state index in [0.29, 0.717) is 6.54 Å². The van der Waals surface area contributed by atoms with Crippen molar-refractivity contribution < 1.29 is 9.18 Å². The number of amides is 2. The van der Waals surface area contributed by atoms with Crippen LogP contribution in [0, 0.1) is 5.82 Å². The first-order valence-electron chi connectivity index (χ1n) is 7.26. The average molecular weight is 329 g/mol.